The number of esters is 1. The minimum atomic E-state index is -3.98. The van der Waals surface area contributed by atoms with Crippen molar-refractivity contribution >= 4 is 21.9 Å². The quantitative estimate of drug-likeness (QED) is 0.665. The van der Waals surface area contributed by atoms with Gasteiger partial charge in [-0.2, -0.15) is 4.72 Å². The highest BCUT2D eigenvalue weighted by molar-refractivity contribution is 7.89. The summed E-state index contributed by atoms with van der Waals surface area (Å²) in [5.41, 5.74) is 0. The van der Waals surface area contributed by atoms with Gasteiger partial charge in [-0.05, 0) is 49.4 Å². The van der Waals surface area contributed by atoms with E-state index in [4.69, 9.17) is 4.74 Å². The van der Waals surface area contributed by atoms with Crippen LogP contribution in [0.2, 0.25) is 0 Å². The van der Waals surface area contributed by atoms with Crippen LogP contribution >= 0.6 is 0 Å². The van der Waals surface area contributed by atoms with Crippen molar-refractivity contribution in [1.29, 1.82) is 0 Å². The summed E-state index contributed by atoms with van der Waals surface area (Å²) in [5, 5.41) is 2.92. The van der Waals surface area contributed by atoms with Crippen LogP contribution in [0.4, 0.5) is 4.39 Å². The van der Waals surface area contributed by atoms with E-state index in [0.717, 1.165) is 43.5 Å². The van der Waals surface area contributed by atoms with Crippen LogP contribution in [0, 0.1) is 17.7 Å². The van der Waals surface area contributed by atoms with Crippen LogP contribution < -0.4 is 10.0 Å². The highest BCUT2D eigenvalue weighted by atomic mass is 32.2. The molecule has 1 aromatic carbocycles. The van der Waals surface area contributed by atoms with E-state index in [2.05, 4.69) is 23.9 Å². The number of sulfonamides is 1. The molecule has 1 aromatic rings. The highest BCUT2D eigenvalue weighted by Gasteiger charge is 2.30. The molecule has 1 saturated carbocycles. The van der Waals surface area contributed by atoms with E-state index in [0.29, 0.717) is 11.8 Å². The van der Waals surface area contributed by atoms with Crippen LogP contribution in [0.1, 0.15) is 40.0 Å². The summed E-state index contributed by atoms with van der Waals surface area (Å²) in [7, 11) is -3.98. The van der Waals surface area contributed by atoms with Crippen LogP contribution in [0.15, 0.2) is 29.2 Å². The number of ether oxygens (including phenoxy) is 1. The maximum absolute atomic E-state index is 12.9. The summed E-state index contributed by atoms with van der Waals surface area (Å²) in [5.74, 6) is -1.00. The Hall–Kier alpha value is -2.00. The molecule has 0 radical (unpaired) electrons. The van der Waals surface area contributed by atoms with E-state index >= 15 is 0 Å². The van der Waals surface area contributed by atoms with E-state index < -0.39 is 40.4 Å². The predicted molar refractivity (Wildman–Crippen MR) is 101 cm³/mol. The van der Waals surface area contributed by atoms with Crippen molar-refractivity contribution in [1.82, 2.24) is 10.0 Å². The van der Waals surface area contributed by atoms with Gasteiger partial charge in [-0.1, -0.05) is 26.7 Å². The summed E-state index contributed by atoms with van der Waals surface area (Å²) in [6.45, 7) is 5.06. The third-order valence-electron chi connectivity index (χ3n) is 5.24. The van der Waals surface area contributed by atoms with Gasteiger partial charge < -0.3 is 10.1 Å². The number of benzene rings is 1. The van der Waals surface area contributed by atoms with Crippen molar-refractivity contribution < 1.29 is 27.1 Å². The van der Waals surface area contributed by atoms with E-state index in [1.165, 1.54) is 6.92 Å². The van der Waals surface area contributed by atoms with E-state index in [9.17, 15) is 22.4 Å². The van der Waals surface area contributed by atoms with Gasteiger partial charge in [-0.25, -0.2) is 12.8 Å². The van der Waals surface area contributed by atoms with Crippen molar-refractivity contribution in [3.8, 4) is 0 Å². The largest absolute Gasteiger partial charge is 0.452 e. The molecule has 0 spiro atoms. The summed E-state index contributed by atoms with van der Waals surface area (Å²) >= 11 is 0. The van der Waals surface area contributed by atoms with Gasteiger partial charge >= 0.3 is 5.97 Å². The monoisotopic (exact) mass is 414 g/mol. The number of rotatable bonds is 7. The molecule has 1 fully saturated rings. The fourth-order valence-electron chi connectivity index (χ4n) is 3.23. The number of nitrogens with one attached hydrogen (secondary N) is 2. The zero-order valence-corrected chi connectivity index (χ0v) is 17.1. The molecule has 2 N–H and O–H groups in total. The Bertz CT molecular complexity index is 797. The number of carbonyl (C=O) groups is 2. The van der Waals surface area contributed by atoms with Gasteiger partial charge in [-0.15, -0.1) is 0 Å². The molecule has 28 heavy (non-hydrogen) atoms. The molecule has 0 unspecified atom stereocenters. The van der Waals surface area contributed by atoms with Crippen molar-refractivity contribution in [2.24, 2.45) is 11.8 Å². The van der Waals surface area contributed by atoms with E-state index in [-0.39, 0.29) is 10.9 Å². The minimum absolute atomic E-state index is 0.0365. The second-order valence-corrected chi connectivity index (χ2v) is 9.06. The topological polar surface area (TPSA) is 102 Å². The Labute approximate surface area is 165 Å². The number of hydrogen-bond donors (Lipinski definition) is 2. The minimum Gasteiger partial charge on any atom is -0.452 e. The third kappa shape index (κ3) is 6.00. The highest BCUT2D eigenvalue weighted by Crippen LogP contribution is 2.29. The molecule has 0 saturated heterocycles. The maximum atomic E-state index is 12.9. The van der Waals surface area contributed by atoms with Crippen molar-refractivity contribution in [2.75, 3.05) is 6.54 Å². The molecule has 0 aromatic heterocycles. The van der Waals surface area contributed by atoms with Crippen molar-refractivity contribution in [3.05, 3.63) is 30.1 Å². The molecule has 4 atom stereocenters. The molecule has 0 heterocycles. The average molecular weight is 414 g/mol. The maximum Gasteiger partial charge on any atom is 0.321 e. The number of halogens is 1. The smallest absolute Gasteiger partial charge is 0.321 e. The van der Waals surface area contributed by atoms with Gasteiger partial charge in [0.1, 0.15) is 12.4 Å². The van der Waals surface area contributed by atoms with Crippen LogP contribution in [0.25, 0.3) is 0 Å². The standard InChI is InChI=1S/C19H27FN2O5S/c1-12-5-4-6-17(13(12)2)22-19(24)14(3)27-18(23)11-21-28(25,26)16-9-7-15(20)8-10-16/h7-10,12-14,17,21H,4-6,11H2,1-3H3,(H,22,24)/t12-,13+,14+,17+/m0/s1. The van der Waals surface area contributed by atoms with Gasteiger partial charge in [0.05, 0.1) is 4.90 Å². The van der Waals surface area contributed by atoms with Crippen LogP contribution in [-0.4, -0.2) is 39.0 Å². The van der Waals surface area contributed by atoms with Crippen LogP contribution in [0.5, 0.6) is 0 Å². The first kappa shape index (κ1) is 22.3. The van der Waals surface area contributed by atoms with Crippen molar-refractivity contribution in [2.45, 2.75) is 57.1 Å². The Morgan fingerprint density at radius 1 is 1.21 bits per heavy atom. The molecule has 1 aliphatic rings. The molecule has 156 valence electrons. The SMILES string of the molecule is C[C@@H]1[C@@H](C)CCC[C@H]1NC(=O)[C@@H](C)OC(=O)CNS(=O)(=O)c1ccc(F)cc1. The zero-order chi connectivity index (χ0) is 20.9. The lowest BCUT2D eigenvalue weighted by atomic mass is 9.78. The number of amides is 1. The number of carbonyl (C=O) groups excluding carboxylic acids is 2. The molecule has 9 heteroatoms. The zero-order valence-electron chi connectivity index (χ0n) is 16.3. The lowest BCUT2D eigenvalue weighted by Crippen LogP contribution is -2.48. The predicted octanol–water partition coefficient (Wildman–Crippen LogP) is 1.98. The fraction of sp³-hybridized carbons (Fsp3) is 0.579. The van der Waals surface area contributed by atoms with Gasteiger partial charge in [0.2, 0.25) is 10.0 Å². The lowest BCUT2D eigenvalue weighted by Gasteiger charge is -2.35. The van der Waals surface area contributed by atoms with Gasteiger partial charge in [0.15, 0.2) is 6.10 Å². The van der Waals surface area contributed by atoms with Crippen LogP contribution in [-0.2, 0) is 24.3 Å². The second-order valence-electron chi connectivity index (χ2n) is 7.29. The van der Waals surface area contributed by atoms with E-state index in [1.807, 2.05) is 0 Å². The molecular weight excluding hydrogens is 387 g/mol. The summed E-state index contributed by atoms with van der Waals surface area (Å²) in [6.07, 6.45) is 2.02. The first-order valence-corrected chi connectivity index (χ1v) is 10.8. The van der Waals surface area contributed by atoms with Gasteiger partial charge in [0, 0.05) is 6.04 Å². The summed E-state index contributed by atoms with van der Waals surface area (Å²) in [4.78, 5) is 24.0. The summed E-state index contributed by atoms with van der Waals surface area (Å²) < 4.78 is 44.2. The van der Waals surface area contributed by atoms with Gasteiger partial charge in [0.25, 0.3) is 5.91 Å². The average Bonchev–Trinajstić information content (AvgIpc) is 2.64. The Morgan fingerprint density at radius 2 is 1.86 bits per heavy atom. The third-order valence-corrected chi connectivity index (χ3v) is 6.66. The molecule has 0 bridgehead atoms. The molecule has 1 amide bonds. The number of hydrogen-bond acceptors (Lipinski definition) is 5. The molecule has 7 nitrogen and oxygen atoms in total. The normalized spacial score (nSPS) is 23.6. The molecule has 2 rings (SSSR count). The molecular formula is C19H27FN2O5S. The second kappa shape index (κ2) is 9.47. The first-order chi connectivity index (χ1) is 13.1. The van der Waals surface area contributed by atoms with Crippen molar-refractivity contribution in [3.63, 3.8) is 0 Å². The Kier molecular flexibility index (Phi) is 7.54. The Morgan fingerprint density at radius 3 is 2.50 bits per heavy atom. The van der Waals surface area contributed by atoms with Gasteiger partial charge in [-0.3, -0.25) is 9.59 Å². The Balaban J connectivity index is 1.83. The molecule has 1 aliphatic carbocycles. The summed E-state index contributed by atoms with van der Waals surface area (Å²) in [6, 6.07) is 4.23. The molecule has 0 aliphatic heterocycles. The fourth-order valence-corrected chi connectivity index (χ4v) is 4.20. The lowest BCUT2D eigenvalue weighted by molar-refractivity contribution is -0.154. The first-order valence-electron chi connectivity index (χ1n) is 9.35. The van der Waals surface area contributed by atoms with Crippen LogP contribution in [0.3, 0.4) is 0 Å². The van der Waals surface area contributed by atoms with E-state index in [1.54, 1.807) is 0 Å².